The van der Waals surface area contributed by atoms with Crippen LogP contribution in [-0.4, -0.2) is 17.6 Å². The SMILES string of the molecule is COc1ccc2c(c1)c(-c1ccccc1)c(C(N)=O)n2C. The monoisotopic (exact) mass is 280 g/mol. The van der Waals surface area contributed by atoms with E-state index in [1.54, 1.807) is 7.11 Å². The summed E-state index contributed by atoms with van der Waals surface area (Å²) in [5.74, 6) is 0.313. The van der Waals surface area contributed by atoms with Gasteiger partial charge in [0.05, 0.1) is 7.11 Å². The number of hydrogen-bond acceptors (Lipinski definition) is 2. The standard InChI is InChI=1S/C17H16N2O2/c1-19-14-9-8-12(21-2)10-13(14)15(16(19)17(18)20)11-6-4-3-5-7-11/h3-10H,1-2H3,(H2,18,20). The van der Waals surface area contributed by atoms with E-state index in [0.717, 1.165) is 27.8 Å². The molecule has 3 rings (SSSR count). The highest BCUT2D eigenvalue weighted by atomic mass is 16.5. The number of fused-ring (bicyclic) bond motifs is 1. The fourth-order valence-corrected chi connectivity index (χ4v) is 2.74. The van der Waals surface area contributed by atoms with Gasteiger partial charge in [0.2, 0.25) is 0 Å². The summed E-state index contributed by atoms with van der Waals surface area (Å²) in [7, 11) is 3.47. The highest BCUT2D eigenvalue weighted by Crippen LogP contribution is 2.36. The molecule has 0 aliphatic heterocycles. The first kappa shape index (κ1) is 13.2. The molecule has 0 saturated carbocycles. The van der Waals surface area contributed by atoms with E-state index in [-0.39, 0.29) is 0 Å². The first-order valence-electron chi connectivity index (χ1n) is 6.65. The lowest BCUT2D eigenvalue weighted by Crippen LogP contribution is -2.16. The smallest absolute Gasteiger partial charge is 0.266 e. The van der Waals surface area contributed by atoms with Gasteiger partial charge in [-0.2, -0.15) is 0 Å². The number of primary amides is 1. The molecular weight excluding hydrogens is 264 g/mol. The minimum absolute atomic E-state index is 0.438. The number of aromatic nitrogens is 1. The molecule has 0 radical (unpaired) electrons. The summed E-state index contributed by atoms with van der Waals surface area (Å²) < 4.78 is 7.13. The van der Waals surface area contributed by atoms with Crippen LogP contribution in [0.2, 0.25) is 0 Å². The average molecular weight is 280 g/mol. The quantitative estimate of drug-likeness (QED) is 0.802. The summed E-state index contributed by atoms with van der Waals surface area (Å²) >= 11 is 0. The molecule has 0 aliphatic rings. The van der Waals surface area contributed by atoms with E-state index in [0.29, 0.717) is 5.69 Å². The summed E-state index contributed by atoms with van der Waals surface area (Å²) in [6, 6.07) is 15.5. The van der Waals surface area contributed by atoms with E-state index in [1.807, 2.05) is 60.1 Å². The van der Waals surface area contributed by atoms with Crippen LogP contribution >= 0.6 is 0 Å². The molecule has 2 N–H and O–H groups in total. The van der Waals surface area contributed by atoms with E-state index in [9.17, 15) is 4.79 Å². The van der Waals surface area contributed by atoms with Crippen molar-refractivity contribution in [2.45, 2.75) is 0 Å². The Bertz CT molecular complexity index is 820. The number of methoxy groups -OCH3 is 1. The van der Waals surface area contributed by atoms with Gasteiger partial charge >= 0.3 is 0 Å². The Hall–Kier alpha value is -2.75. The highest BCUT2D eigenvalue weighted by Gasteiger charge is 2.20. The maximum Gasteiger partial charge on any atom is 0.266 e. The van der Waals surface area contributed by atoms with E-state index in [4.69, 9.17) is 10.5 Å². The van der Waals surface area contributed by atoms with Gasteiger partial charge in [-0.15, -0.1) is 0 Å². The molecule has 0 unspecified atom stereocenters. The normalized spacial score (nSPS) is 10.8. The molecule has 0 aliphatic carbocycles. The molecule has 2 aromatic carbocycles. The Morgan fingerprint density at radius 1 is 1.14 bits per heavy atom. The van der Waals surface area contributed by atoms with Crippen molar-refractivity contribution in [2.75, 3.05) is 7.11 Å². The number of rotatable bonds is 3. The van der Waals surface area contributed by atoms with Crippen molar-refractivity contribution in [3.05, 3.63) is 54.2 Å². The largest absolute Gasteiger partial charge is 0.497 e. The van der Waals surface area contributed by atoms with Crippen LogP contribution in [0.5, 0.6) is 5.75 Å². The van der Waals surface area contributed by atoms with Gasteiger partial charge in [-0.1, -0.05) is 30.3 Å². The predicted octanol–water partition coefficient (Wildman–Crippen LogP) is 2.95. The molecule has 0 atom stereocenters. The molecule has 0 saturated heterocycles. The number of ether oxygens (including phenoxy) is 1. The van der Waals surface area contributed by atoms with Crippen LogP contribution in [0.1, 0.15) is 10.5 Å². The lowest BCUT2D eigenvalue weighted by atomic mass is 10.0. The minimum atomic E-state index is -0.438. The Labute approximate surface area is 122 Å². The zero-order chi connectivity index (χ0) is 15.0. The number of amides is 1. The van der Waals surface area contributed by atoms with E-state index in [1.165, 1.54) is 0 Å². The van der Waals surface area contributed by atoms with Gasteiger partial charge in [0.1, 0.15) is 11.4 Å². The summed E-state index contributed by atoms with van der Waals surface area (Å²) in [6.07, 6.45) is 0. The number of hydrogen-bond donors (Lipinski definition) is 1. The molecule has 1 aromatic heterocycles. The van der Waals surface area contributed by atoms with Crippen LogP contribution in [-0.2, 0) is 7.05 Å². The molecule has 1 amide bonds. The van der Waals surface area contributed by atoms with Gasteiger partial charge in [-0.25, -0.2) is 0 Å². The predicted molar refractivity (Wildman–Crippen MR) is 83.4 cm³/mol. The Morgan fingerprint density at radius 3 is 2.48 bits per heavy atom. The summed E-state index contributed by atoms with van der Waals surface area (Å²) in [4.78, 5) is 11.9. The van der Waals surface area contributed by atoms with Gasteiger partial charge < -0.3 is 15.0 Å². The Balaban J connectivity index is 2.44. The van der Waals surface area contributed by atoms with Crippen LogP contribution in [0.15, 0.2) is 48.5 Å². The van der Waals surface area contributed by atoms with E-state index < -0.39 is 5.91 Å². The Kier molecular flexibility index (Phi) is 3.14. The molecule has 0 bridgehead atoms. The number of carbonyl (C=O) groups excluding carboxylic acids is 1. The molecule has 3 aromatic rings. The van der Waals surface area contributed by atoms with Crippen molar-refractivity contribution in [1.82, 2.24) is 4.57 Å². The third kappa shape index (κ3) is 2.05. The van der Waals surface area contributed by atoms with Crippen LogP contribution in [0.4, 0.5) is 0 Å². The minimum Gasteiger partial charge on any atom is -0.497 e. The van der Waals surface area contributed by atoms with Crippen LogP contribution in [0, 0.1) is 0 Å². The molecule has 4 heteroatoms. The van der Waals surface area contributed by atoms with Crippen LogP contribution < -0.4 is 10.5 Å². The van der Waals surface area contributed by atoms with Gasteiger partial charge in [0.15, 0.2) is 0 Å². The molecular formula is C17H16N2O2. The average Bonchev–Trinajstić information content (AvgIpc) is 2.80. The summed E-state index contributed by atoms with van der Waals surface area (Å²) in [5, 5.41) is 0.955. The maximum absolute atomic E-state index is 11.9. The fourth-order valence-electron chi connectivity index (χ4n) is 2.74. The molecule has 21 heavy (non-hydrogen) atoms. The van der Waals surface area contributed by atoms with Gasteiger partial charge in [-0.05, 0) is 23.8 Å². The second kappa shape index (κ2) is 4.98. The lowest BCUT2D eigenvalue weighted by Gasteiger charge is -2.04. The van der Waals surface area contributed by atoms with Crippen molar-refractivity contribution >= 4 is 16.8 Å². The zero-order valence-electron chi connectivity index (χ0n) is 12.0. The third-order valence-corrected chi connectivity index (χ3v) is 3.70. The Morgan fingerprint density at radius 2 is 1.86 bits per heavy atom. The number of carbonyl (C=O) groups is 1. The fraction of sp³-hybridized carbons (Fsp3) is 0.118. The lowest BCUT2D eigenvalue weighted by molar-refractivity contribution is 0.0993. The van der Waals surface area contributed by atoms with E-state index in [2.05, 4.69) is 0 Å². The van der Waals surface area contributed by atoms with Gasteiger partial charge in [0.25, 0.3) is 5.91 Å². The topological polar surface area (TPSA) is 57.2 Å². The molecule has 1 heterocycles. The van der Waals surface area contributed by atoms with Crippen molar-refractivity contribution in [2.24, 2.45) is 12.8 Å². The van der Waals surface area contributed by atoms with Gasteiger partial charge in [-0.3, -0.25) is 4.79 Å². The highest BCUT2D eigenvalue weighted by molar-refractivity contribution is 6.10. The van der Waals surface area contributed by atoms with Crippen molar-refractivity contribution in [1.29, 1.82) is 0 Å². The van der Waals surface area contributed by atoms with Crippen LogP contribution in [0.25, 0.3) is 22.0 Å². The van der Waals surface area contributed by atoms with Crippen molar-refractivity contribution in [3.63, 3.8) is 0 Å². The van der Waals surface area contributed by atoms with Crippen molar-refractivity contribution < 1.29 is 9.53 Å². The first-order valence-corrected chi connectivity index (χ1v) is 6.65. The second-order valence-electron chi connectivity index (χ2n) is 4.90. The van der Waals surface area contributed by atoms with E-state index >= 15 is 0 Å². The summed E-state index contributed by atoms with van der Waals surface area (Å²) in [6.45, 7) is 0. The van der Waals surface area contributed by atoms with Crippen molar-refractivity contribution in [3.8, 4) is 16.9 Å². The number of benzene rings is 2. The number of nitrogens with zero attached hydrogens (tertiary/aromatic N) is 1. The maximum atomic E-state index is 11.9. The summed E-state index contributed by atoms with van der Waals surface area (Å²) in [5.41, 5.74) is 8.86. The van der Waals surface area contributed by atoms with Crippen LogP contribution in [0.3, 0.4) is 0 Å². The molecule has 4 nitrogen and oxygen atoms in total. The third-order valence-electron chi connectivity index (χ3n) is 3.70. The molecule has 106 valence electrons. The zero-order valence-corrected chi connectivity index (χ0v) is 12.0. The first-order chi connectivity index (χ1) is 10.1. The van der Waals surface area contributed by atoms with Gasteiger partial charge in [0, 0.05) is 23.5 Å². The molecule has 0 fully saturated rings. The number of aryl methyl sites for hydroxylation is 1. The molecule has 0 spiro atoms. The number of nitrogens with two attached hydrogens (primary N) is 1. The second-order valence-corrected chi connectivity index (χ2v) is 4.90.